The van der Waals surface area contributed by atoms with Gasteiger partial charge in [0.1, 0.15) is 0 Å². The summed E-state index contributed by atoms with van der Waals surface area (Å²) in [6.45, 7) is 0.413. The number of allylic oxidation sites excluding steroid dienone is 1. The van der Waals surface area contributed by atoms with Gasteiger partial charge < -0.3 is 14.2 Å². The number of methoxy groups -OCH3 is 2. The van der Waals surface area contributed by atoms with Crippen molar-refractivity contribution in [3.05, 3.63) is 90.6 Å². The summed E-state index contributed by atoms with van der Waals surface area (Å²) in [7, 11) is 2.60. The van der Waals surface area contributed by atoms with Gasteiger partial charge in [0, 0.05) is 0 Å². The van der Waals surface area contributed by atoms with Crippen LogP contribution >= 0.6 is 11.3 Å². The van der Waals surface area contributed by atoms with Crippen LogP contribution < -0.4 is 24.4 Å². The molecule has 11 heteroatoms. The molecule has 0 radical (unpaired) electrons. The highest BCUT2D eigenvalue weighted by atomic mass is 32.1. The molecule has 3 aromatic rings. The molecule has 0 aliphatic carbocycles. The Hall–Kier alpha value is -3.86. The topological polar surface area (TPSA) is 79.1 Å². The zero-order chi connectivity index (χ0) is 26.7. The summed E-state index contributed by atoms with van der Waals surface area (Å²) >= 11 is 1.15. The average Bonchev–Trinajstić information content (AvgIpc) is 3.20. The Morgan fingerprint density at radius 2 is 1.86 bits per heavy atom. The van der Waals surface area contributed by atoms with E-state index in [9.17, 15) is 22.8 Å². The number of rotatable bonds is 7. The van der Waals surface area contributed by atoms with Gasteiger partial charge in [-0.15, -0.1) is 0 Å². The maximum atomic E-state index is 13.6. The Morgan fingerprint density at radius 1 is 1.14 bits per heavy atom. The van der Waals surface area contributed by atoms with E-state index >= 15 is 0 Å². The molecule has 1 aliphatic heterocycles. The number of aromatic nitrogens is 1. The van der Waals surface area contributed by atoms with Crippen LogP contribution in [0, 0.1) is 0 Å². The molecule has 1 aromatic heterocycles. The number of esters is 1. The maximum absolute atomic E-state index is 13.6. The average molecular weight is 533 g/mol. The van der Waals surface area contributed by atoms with Crippen molar-refractivity contribution in [2.75, 3.05) is 20.8 Å². The van der Waals surface area contributed by atoms with Crippen molar-refractivity contribution in [2.24, 2.45) is 4.99 Å². The van der Waals surface area contributed by atoms with E-state index < -0.39 is 24.8 Å². The molecule has 0 unspecified atom stereocenters. The quantitative estimate of drug-likeness (QED) is 0.433. The minimum absolute atomic E-state index is 0.0715. The van der Waals surface area contributed by atoms with Crippen LogP contribution in [0.1, 0.15) is 30.5 Å². The molecule has 0 bridgehead atoms. The number of fused-ring (bicyclic) bond motifs is 1. The molecule has 0 saturated carbocycles. The van der Waals surface area contributed by atoms with E-state index in [0.717, 1.165) is 16.9 Å². The number of alkyl halides is 3. The van der Waals surface area contributed by atoms with E-state index in [4.69, 9.17) is 14.2 Å². The second kappa shape index (κ2) is 10.6. The summed E-state index contributed by atoms with van der Waals surface area (Å²) in [5.41, 5.74) is 1.69. The van der Waals surface area contributed by atoms with Crippen molar-refractivity contribution >= 4 is 23.4 Å². The first-order valence-corrected chi connectivity index (χ1v) is 12.0. The smallest absolute Gasteiger partial charge is 0.422 e. The van der Waals surface area contributed by atoms with Crippen molar-refractivity contribution in [1.29, 1.82) is 0 Å². The van der Waals surface area contributed by atoms with Gasteiger partial charge in [-0.2, -0.15) is 13.2 Å². The second-order valence-electron chi connectivity index (χ2n) is 8.01. The summed E-state index contributed by atoms with van der Waals surface area (Å²) < 4.78 is 54.5. The lowest BCUT2D eigenvalue weighted by Gasteiger charge is -2.25. The molecule has 4 rings (SSSR count). The van der Waals surface area contributed by atoms with Gasteiger partial charge in [0.25, 0.3) is 5.56 Å². The number of halogens is 3. The number of nitrogens with zero attached hydrogens (tertiary/aromatic N) is 2. The number of hydrogen-bond donors (Lipinski definition) is 0. The van der Waals surface area contributed by atoms with Crippen molar-refractivity contribution in [1.82, 2.24) is 4.57 Å². The van der Waals surface area contributed by atoms with E-state index in [-0.39, 0.29) is 17.1 Å². The van der Waals surface area contributed by atoms with Crippen molar-refractivity contribution in [2.45, 2.75) is 25.6 Å². The molecule has 0 spiro atoms. The molecule has 194 valence electrons. The fraction of sp³-hybridized carbons (Fsp3) is 0.269. The Labute approximate surface area is 213 Å². The molecule has 0 fully saturated rings. The van der Waals surface area contributed by atoms with Gasteiger partial charge in [-0.25, -0.2) is 9.79 Å². The van der Waals surface area contributed by atoms with Crippen molar-refractivity contribution < 1.29 is 32.2 Å². The van der Waals surface area contributed by atoms with Crippen LogP contribution in [0.5, 0.6) is 11.5 Å². The van der Waals surface area contributed by atoms with E-state index in [1.807, 2.05) is 37.3 Å². The summed E-state index contributed by atoms with van der Waals surface area (Å²) in [5.74, 6) is -0.546. The standard InChI is InChI=1S/C26H23F3N2O5S/c1-4-17-21(24(33)35-3)22(16-8-6-5-7-9-16)31-23(32)20(37-25(31)30-17)13-15-10-11-18(19(12-15)34-2)36-14-26(27,28)29/h5-13,22H,4,14H2,1-3H3/b20-13-/t22-/m1/s1. The van der Waals surface area contributed by atoms with Crippen molar-refractivity contribution in [3.63, 3.8) is 0 Å². The number of benzene rings is 2. The minimum Gasteiger partial charge on any atom is -0.493 e. The third-order valence-corrected chi connectivity index (χ3v) is 6.63. The number of ether oxygens (including phenoxy) is 3. The fourth-order valence-corrected chi connectivity index (χ4v) is 5.04. The maximum Gasteiger partial charge on any atom is 0.422 e. The molecule has 0 saturated heterocycles. The second-order valence-corrected chi connectivity index (χ2v) is 9.02. The predicted molar refractivity (Wildman–Crippen MR) is 131 cm³/mol. The van der Waals surface area contributed by atoms with Crippen LogP contribution in [0.15, 0.2) is 69.6 Å². The van der Waals surface area contributed by atoms with Crippen LogP contribution in [-0.2, 0) is 9.53 Å². The van der Waals surface area contributed by atoms with Gasteiger partial charge in [0.2, 0.25) is 0 Å². The third-order valence-electron chi connectivity index (χ3n) is 5.64. The summed E-state index contributed by atoms with van der Waals surface area (Å²) in [6.07, 6.45) is -2.45. The molecular weight excluding hydrogens is 509 g/mol. The monoisotopic (exact) mass is 532 g/mol. The normalized spacial score (nSPS) is 15.7. The van der Waals surface area contributed by atoms with E-state index in [2.05, 4.69) is 4.99 Å². The highest BCUT2D eigenvalue weighted by Gasteiger charge is 2.33. The Morgan fingerprint density at radius 3 is 2.49 bits per heavy atom. The van der Waals surface area contributed by atoms with E-state index in [0.29, 0.717) is 32.6 Å². The fourth-order valence-electron chi connectivity index (χ4n) is 4.02. The van der Waals surface area contributed by atoms with Crippen LogP contribution in [0.3, 0.4) is 0 Å². The molecule has 2 heterocycles. The molecule has 0 N–H and O–H groups in total. The summed E-state index contributed by atoms with van der Waals surface area (Å²) in [4.78, 5) is 31.4. The van der Waals surface area contributed by atoms with Gasteiger partial charge in [0.15, 0.2) is 22.9 Å². The lowest BCUT2D eigenvalue weighted by molar-refractivity contribution is -0.153. The van der Waals surface area contributed by atoms with Crippen LogP contribution in [0.4, 0.5) is 13.2 Å². The Bertz CT molecular complexity index is 1520. The van der Waals surface area contributed by atoms with Gasteiger partial charge >= 0.3 is 12.1 Å². The van der Waals surface area contributed by atoms with Gasteiger partial charge in [-0.1, -0.05) is 54.7 Å². The molecule has 1 atom stereocenters. The predicted octanol–water partition coefficient (Wildman–Crippen LogP) is 3.75. The zero-order valence-electron chi connectivity index (χ0n) is 20.2. The molecule has 2 aromatic carbocycles. The van der Waals surface area contributed by atoms with Gasteiger partial charge in [-0.3, -0.25) is 9.36 Å². The number of carbonyl (C=O) groups excluding carboxylic acids is 1. The number of thiazole rings is 1. The lowest BCUT2D eigenvalue weighted by atomic mass is 9.95. The molecule has 37 heavy (non-hydrogen) atoms. The Kier molecular flexibility index (Phi) is 7.53. The first kappa shape index (κ1) is 26.2. The van der Waals surface area contributed by atoms with Gasteiger partial charge in [-0.05, 0) is 35.8 Å². The molecule has 7 nitrogen and oxygen atoms in total. The minimum atomic E-state index is -4.49. The Balaban J connectivity index is 1.84. The lowest BCUT2D eigenvalue weighted by Crippen LogP contribution is -2.40. The van der Waals surface area contributed by atoms with Gasteiger partial charge in [0.05, 0.1) is 36.1 Å². The SMILES string of the molecule is CCC1=C(C(=O)OC)[C@@H](c2ccccc2)n2c(s/c(=C\c3ccc(OCC(F)(F)F)c(OC)c3)c2=O)=N1. The molecule has 0 amide bonds. The third kappa shape index (κ3) is 5.46. The molecular formula is C26H23F3N2O5S. The highest BCUT2D eigenvalue weighted by molar-refractivity contribution is 7.07. The summed E-state index contributed by atoms with van der Waals surface area (Å²) in [6, 6.07) is 12.8. The number of carbonyl (C=O) groups is 1. The first-order chi connectivity index (χ1) is 17.7. The highest BCUT2D eigenvalue weighted by Crippen LogP contribution is 2.32. The number of hydrogen-bond acceptors (Lipinski definition) is 7. The van der Waals surface area contributed by atoms with E-state index in [1.165, 1.54) is 37.0 Å². The molecule has 1 aliphatic rings. The van der Waals surface area contributed by atoms with Crippen LogP contribution in [0.2, 0.25) is 0 Å². The van der Waals surface area contributed by atoms with Crippen LogP contribution in [0.25, 0.3) is 6.08 Å². The van der Waals surface area contributed by atoms with Crippen molar-refractivity contribution in [3.8, 4) is 11.5 Å². The van der Waals surface area contributed by atoms with E-state index in [1.54, 1.807) is 6.08 Å². The van der Waals surface area contributed by atoms with Crippen LogP contribution in [-0.4, -0.2) is 37.5 Å². The first-order valence-electron chi connectivity index (χ1n) is 11.2. The largest absolute Gasteiger partial charge is 0.493 e. The zero-order valence-corrected chi connectivity index (χ0v) is 21.0. The summed E-state index contributed by atoms with van der Waals surface area (Å²) in [5, 5.41) is 0.